The maximum atomic E-state index is 12.1. The summed E-state index contributed by atoms with van der Waals surface area (Å²) in [5, 5.41) is 8.79. The Morgan fingerprint density at radius 2 is 2.05 bits per heavy atom. The van der Waals surface area contributed by atoms with Gasteiger partial charge in [0.1, 0.15) is 11.9 Å². The van der Waals surface area contributed by atoms with E-state index in [1.54, 1.807) is 18.2 Å². The lowest BCUT2D eigenvalue weighted by atomic mass is 10.2. The minimum absolute atomic E-state index is 0.0593. The molecule has 96 valence electrons. The first kappa shape index (κ1) is 13.5. The molecule has 0 saturated heterocycles. The fourth-order valence-corrected chi connectivity index (χ4v) is 3.03. The van der Waals surface area contributed by atoms with Gasteiger partial charge in [0.15, 0.2) is 0 Å². The van der Waals surface area contributed by atoms with E-state index in [9.17, 15) is 8.42 Å². The smallest absolute Gasteiger partial charge is 0.263 e. The average Bonchev–Trinajstić information content (AvgIpc) is 2.39. The van der Waals surface area contributed by atoms with Gasteiger partial charge in [0, 0.05) is 10.7 Å². The fourth-order valence-electron chi connectivity index (χ4n) is 1.37. The highest BCUT2D eigenvalue weighted by molar-refractivity contribution is 9.10. The molecular formula is C12H8BrN3O2S. The highest BCUT2D eigenvalue weighted by Crippen LogP contribution is 2.22. The van der Waals surface area contributed by atoms with E-state index in [0.29, 0.717) is 10.0 Å². The van der Waals surface area contributed by atoms with Crippen LogP contribution in [-0.2, 0) is 10.0 Å². The molecule has 0 bridgehead atoms. The molecule has 0 aliphatic carbocycles. The zero-order valence-corrected chi connectivity index (χ0v) is 11.9. The van der Waals surface area contributed by atoms with Crippen molar-refractivity contribution in [3.05, 3.63) is 52.6 Å². The normalized spacial score (nSPS) is 10.7. The summed E-state index contributed by atoms with van der Waals surface area (Å²) in [5.41, 5.74) is 0.372. The summed E-state index contributed by atoms with van der Waals surface area (Å²) in [7, 11) is -3.71. The minimum Gasteiger partial charge on any atom is -0.263 e. The summed E-state index contributed by atoms with van der Waals surface area (Å²) in [6, 6.07) is 11.1. The number of pyridine rings is 1. The number of aromatic nitrogens is 1. The lowest BCUT2D eigenvalue weighted by Gasteiger charge is -2.07. The zero-order chi connectivity index (χ0) is 13.9. The molecule has 5 nitrogen and oxygen atoms in total. The predicted molar refractivity (Wildman–Crippen MR) is 73.9 cm³/mol. The SMILES string of the molecule is N#Cc1ccc(S(=O)(=O)Nc2ccccn2)cc1Br. The van der Waals surface area contributed by atoms with Gasteiger partial charge in [-0.05, 0) is 46.3 Å². The minimum atomic E-state index is -3.71. The maximum absolute atomic E-state index is 12.1. The quantitative estimate of drug-likeness (QED) is 0.932. The topological polar surface area (TPSA) is 82.8 Å². The number of benzene rings is 1. The van der Waals surface area contributed by atoms with Crippen LogP contribution in [-0.4, -0.2) is 13.4 Å². The third-order valence-electron chi connectivity index (χ3n) is 2.28. The second kappa shape index (κ2) is 5.38. The lowest BCUT2D eigenvalue weighted by Crippen LogP contribution is -2.13. The molecule has 1 aromatic carbocycles. The van der Waals surface area contributed by atoms with Crippen LogP contribution < -0.4 is 4.72 Å². The monoisotopic (exact) mass is 337 g/mol. The Morgan fingerprint density at radius 1 is 1.26 bits per heavy atom. The molecule has 7 heteroatoms. The standard InChI is InChI=1S/C12H8BrN3O2S/c13-11-7-10(5-4-9(11)8-14)19(17,18)16-12-3-1-2-6-15-12/h1-7H,(H,15,16). The summed E-state index contributed by atoms with van der Waals surface area (Å²) in [6.07, 6.45) is 1.49. The van der Waals surface area contributed by atoms with Crippen LogP contribution in [0, 0.1) is 11.3 Å². The van der Waals surface area contributed by atoms with Gasteiger partial charge in [-0.1, -0.05) is 6.07 Å². The summed E-state index contributed by atoms with van der Waals surface area (Å²) in [4.78, 5) is 3.95. The van der Waals surface area contributed by atoms with Crippen LogP contribution in [0.4, 0.5) is 5.82 Å². The van der Waals surface area contributed by atoms with E-state index in [4.69, 9.17) is 5.26 Å². The molecule has 0 spiro atoms. The third kappa shape index (κ3) is 3.10. The Labute approximate surface area is 119 Å². The van der Waals surface area contributed by atoms with Gasteiger partial charge in [-0.15, -0.1) is 0 Å². The van der Waals surface area contributed by atoms with Crippen molar-refractivity contribution in [1.29, 1.82) is 5.26 Å². The van der Waals surface area contributed by atoms with Gasteiger partial charge in [0.2, 0.25) is 0 Å². The van der Waals surface area contributed by atoms with E-state index < -0.39 is 10.0 Å². The van der Waals surface area contributed by atoms with E-state index in [-0.39, 0.29) is 10.7 Å². The Hall–Kier alpha value is -1.91. The van der Waals surface area contributed by atoms with Gasteiger partial charge < -0.3 is 0 Å². The number of rotatable bonds is 3. The number of nitrogens with one attached hydrogen (secondary N) is 1. The largest absolute Gasteiger partial charge is 0.263 e. The average molecular weight is 338 g/mol. The van der Waals surface area contributed by atoms with Crippen molar-refractivity contribution < 1.29 is 8.42 Å². The number of sulfonamides is 1. The molecule has 2 rings (SSSR count). The first-order chi connectivity index (χ1) is 9.03. The van der Waals surface area contributed by atoms with Crippen LogP contribution in [0.25, 0.3) is 0 Å². The Kier molecular flexibility index (Phi) is 3.83. The van der Waals surface area contributed by atoms with Gasteiger partial charge in [-0.3, -0.25) is 4.72 Å². The molecule has 0 aliphatic heterocycles. The molecule has 1 heterocycles. The first-order valence-electron chi connectivity index (χ1n) is 5.16. The second-order valence-electron chi connectivity index (χ2n) is 3.57. The molecule has 0 unspecified atom stereocenters. The van der Waals surface area contributed by atoms with Gasteiger partial charge in [-0.2, -0.15) is 5.26 Å². The summed E-state index contributed by atoms with van der Waals surface area (Å²) < 4.78 is 27.0. The molecule has 1 N–H and O–H groups in total. The van der Waals surface area contributed by atoms with Crippen LogP contribution in [0.2, 0.25) is 0 Å². The second-order valence-corrected chi connectivity index (χ2v) is 6.11. The highest BCUT2D eigenvalue weighted by atomic mass is 79.9. The van der Waals surface area contributed by atoms with Crippen molar-refractivity contribution in [2.24, 2.45) is 0 Å². The van der Waals surface area contributed by atoms with E-state index in [1.807, 2.05) is 6.07 Å². The molecule has 0 atom stereocenters. The van der Waals surface area contributed by atoms with Crippen LogP contribution in [0.3, 0.4) is 0 Å². The molecule has 0 fully saturated rings. The van der Waals surface area contributed by atoms with Crippen molar-refractivity contribution in [1.82, 2.24) is 4.98 Å². The highest BCUT2D eigenvalue weighted by Gasteiger charge is 2.16. The van der Waals surface area contributed by atoms with Crippen molar-refractivity contribution in [2.45, 2.75) is 4.90 Å². The van der Waals surface area contributed by atoms with Crippen LogP contribution >= 0.6 is 15.9 Å². The van der Waals surface area contributed by atoms with Crippen molar-refractivity contribution in [3.63, 3.8) is 0 Å². The Bertz CT molecular complexity index is 739. The maximum Gasteiger partial charge on any atom is 0.263 e. The van der Waals surface area contributed by atoms with Gasteiger partial charge in [0.05, 0.1) is 10.5 Å². The van der Waals surface area contributed by atoms with Gasteiger partial charge in [0.25, 0.3) is 10.0 Å². The zero-order valence-electron chi connectivity index (χ0n) is 9.54. The van der Waals surface area contributed by atoms with E-state index in [0.717, 1.165) is 0 Å². The van der Waals surface area contributed by atoms with E-state index >= 15 is 0 Å². The Morgan fingerprint density at radius 3 is 2.63 bits per heavy atom. The number of nitrogens with zero attached hydrogens (tertiary/aromatic N) is 2. The number of nitriles is 1. The van der Waals surface area contributed by atoms with E-state index in [2.05, 4.69) is 25.6 Å². The molecule has 0 aliphatic rings. The molecule has 2 aromatic rings. The van der Waals surface area contributed by atoms with E-state index in [1.165, 1.54) is 24.4 Å². The lowest BCUT2D eigenvalue weighted by molar-refractivity contribution is 0.601. The van der Waals surface area contributed by atoms with Gasteiger partial charge >= 0.3 is 0 Å². The molecule has 1 aromatic heterocycles. The van der Waals surface area contributed by atoms with Crippen LogP contribution in [0.5, 0.6) is 0 Å². The molecule has 0 amide bonds. The number of hydrogen-bond acceptors (Lipinski definition) is 4. The number of hydrogen-bond donors (Lipinski definition) is 1. The molecule has 0 radical (unpaired) electrons. The molecule has 19 heavy (non-hydrogen) atoms. The van der Waals surface area contributed by atoms with Crippen molar-refractivity contribution in [3.8, 4) is 6.07 Å². The number of halogens is 1. The first-order valence-corrected chi connectivity index (χ1v) is 7.44. The van der Waals surface area contributed by atoms with Crippen LogP contribution in [0.1, 0.15) is 5.56 Å². The fraction of sp³-hybridized carbons (Fsp3) is 0. The number of anilines is 1. The van der Waals surface area contributed by atoms with Crippen molar-refractivity contribution in [2.75, 3.05) is 4.72 Å². The summed E-state index contributed by atoms with van der Waals surface area (Å²) in [5.74, 6) is 0.239. The predicted octanol–water partition coefficient (Wildman–Crippen LogP) is 2.52. The summed E-state index contributed by atoms with van der Waals surface area (Å²) in [6.45, 7) is 0. The molecule has 0 saturated carbocycles. The van der Waals surface area contributed by atoms with Crippen molar-refractivity contribution >= 4 is 31.8 Å². The Balaban J connectivity index is 2.36. The van der Waals surface area contributed by atoms with Gasteiger partial charge in [-0.25, -0.2) is 13.4 Å². The molecular weight excluding hydrogens is 330 g/mol. The summed E-state index contributed by atoms with van der Waals surface area (Å²) >= 11 is 3.15. The third-order valence-corrected chi connectivity index (χ3v) is 4.28. The van der Waals surface area contributed by atoms with Crippen LogP contribution in [0.15, 0.2) is 52.0 Å².